The number of carboxylic acid groups (broad SMARTS) is 1. The van der Waals surface area contributed by atoms with E-state index in [1.54, 1.807) is 36.9 Å². The highest BCUT2D eigenvalue weighted by atomic mass is 35.5. The predicted octanol–water partition coefficient (Wildman–Crippen LogP) is 5.05. The number of likely N-dealkylation sites (tertiary alicyclic amines) is 1. The van der Waals surface area contributed by atoms with Gasteiger partial charge >= 0.3 is 18.3 Å². The van der Waals surface area contributed by atoms with Crippen molar-refractivity contribution in [3.8, 4) is 11.7 Å². The molecule has 4 heterocycles. The molecule has 0 spiro atoms. The molecular formula is C30H31ClF3N7O4. The van der Waals surface area contributed by atoms with Gasteiger partial charge in [-0.1, -0.05) is 35.9 Å². The van der Waals surface area contributed by atoms with Gasteiger partial charge in [0.25, 0.3) is 5.56 Å². The van der Waals surface area contributed by atoms with E-state index in [0.29, 0.717) is 9.95 Å². The number of anilines is 1. The molecule has 1 unspecified atom stereocenters. The molecule has 0 aliphatic carbocycles. The van der Waals surface area contributed by atoms with Gasteiger partial charge in [0.05, 0.1) is 10.7 Å². The number of alkyl halides is 3. The van der Waals surface area contributed by atoms with Crippen LogP contribution in [0, 0.1) is 0 Å². The standard InChI is InChI=1S/C30H31ClF3N7O4/c1-16-13-39(29(43)44)14-17(2)40(16)25-23-24(36-28(37-25)45-15-19-9-6-12-38(19)3)26(42)41(27(35-23)30(32,33)34)21-11-5-8-18-7-4-10-20(31)22(18)21/h4-5,7-8,10-11,16-17,19H,6,9,12-15H2,1-3H3,(H,43,44)/t16-,17-,19?/m0/s1. The Kier molecular flexibility index (Phi) is 7.98. The second-order valence-electron chi connectivity index (χ2n) is 11.6. The summed E-state index contributed by atoms with van der Waals surface area (Å²) in [5.41, 5.74) is -1.90. The number of fused-ring (bicyclic) bond motifs is 2. The summed E-state index contributed by atoms with van der Waals surface area (Å²) in [6, 6.07) is 8.33. The zero-order valence-electron chi connectivity index (χ0n) is 24.8. The molecule has 0 saturated carbocycles. The van der Waals surface area contributed by atoms with Gasteiger partial charge in [0.2, 0.25) is 5.82 Å². The van der Waals surface area contributed by atoms with Crippen LogP contribution in [0.3, 0.4) is 0 Å². The van der Waals surface area contributed by atoms with Crippen molar-refractivity contribution in [3.63, 3.8) is 0 Å². The number of rotatable bonds is 5. The van der Waals surface area contributed by atoms with E-state index < -0.39 is 35.7 Å². The van der Waals surface area contributed by atoms with Crippen LogP contribution in [0.25, 0.3) is 27.5 Å². The first-order valence-electron chi connectivity index (χ1n) is 14.5. The minimum atomic E-state index is -5.06. The summed E-state index contributed by atoms with van der Waals surface area (Å²) in [7, 11) is 1.97. The minimum Gasteiger partial charge on any atom is -0.465 e. The van der Waals surface area contributed by atoms with E-state index in [1.807, 2.05) is 7.05 Å². The maximum absolute atomic E-state index is 14.8. The Morgan fingerprint density at radius 3 is 2.38 bits per heavy atom. The summed E-state index contributed by atoms with van der Waals surface area (Å²) < 4.78 is 50.9. The number of ether oxygens (including phenoxy) is 1. The number of carbonyl (C=O) groups is 1. The molecule has 0 radical (unpaired) electrons. The smallest absolute Gasteiger partial charge is 0.450 e. The quantitative estimate of drug-likeness (QED) is 0.318. The van der Waals surface area contributed by atoms with E-state index in [0.717, 1.165) is 19.4 Å². The summed E-state index contributed by atoms with van der Waals surface area (Å²) >= 11 is 6.46. The Morgan fingerprint density at radius 1 is 1.07 bits per heavy atom. The van der Waals surface area contributed by atoms with Gasteiger partial charge in [-0.15, -0.1) is 0 Å². The summed E-state index contributed by atoms with van der Waals surface area (Å²) in [6.45, 7) is 4.69. The third-order valence-corrected chi connectivity index (χ3v) is 8.83. The van der Waals surface area contributed by atoms with Crippen LogP contribution in [0.4, 0.5) is 23.8 Å². The molecule has 238 valence electrons. The van der Waals surface area contributed by atoms with E-state index in [1.165, 1.54) is 23.1 Å². The lowest BCUT2D eigenvalue weighted by atomic mass is 10.1. The number of likely N-dealkylation sites (N-methyl/N-ethyl adjacent to an activating group) is 1. The maximum atomic E-state index is 14.8. The van der Waals surface area contributed by atoms with Crippen molar-refractivity contribution >= 4 is 45.3 Å². The van der Waals surface area contributed by atoms with Crippen LogP contribution < -0.4 is 15.2 Å². The molecule has 1 N–H and O–H groups in total. The molecule has 11 nitrogen and oxygen atoms in total. The van der Waals surface area contributed by atoms with E-state index in [2.05, 4.69) is 19.9 Å². The van der Waals surface area contributed by atoms with Crippen LogP contribution in [0.2, 0.25) is 5.02 Å². The number of aromatic nitrogens is 4. The molecule has 15 heteroatoms. The molecule has 2 aromatic carbocycles. The summed E-state index contributed by atoms with van der Waals surface area (Å²) in [5, 5.41) is 10.5. The molecule has 6 rings (SSSR count). The topological polar surface area (TPSA) is 117 Å². The fourth-order valence-corrected chi connectivity index (χ4v) is 6.69. The molecule has 2 saturated heterocycles. The summed E-state index contributed by atoms with van der Waals surface area (Å²) in [6.07, 6.45) is -4.30. The van der Waals surface area contributed by atoms with Crippen molar-refractivity contribution in [2.45, 2.75) is 51.0 Å². The van der Waals surface area contributed by atoms with Crippen molar-refractivity contribution < 1.29 is 27.8 Å². The molecule has 2 aliphatic rings. The van der Waals surface area contributed by atoms with Crippen molar-refractivity contribution in [1.82, 2.24) is 29.3 Å². The Hall–Kier alpha value is -4.17. The average molecular weight is 646 g/mol. The fraction of sp³-hybridized carbons (Fsp3) is 0.433. The third kappa shape index (κ3) is 5.61. The predicted molar refractivity (Wildman–Crippen MR) is 163 cm³/mol. The van der Waals surface area contributed by atoms with Gasteiger partial charge in [0.1, 0.15) is 12.1 Å². The first-order chi connectivity index (χ1) is 21.3. The first kappa shape index (κ1) is 30.8. The minimum absolute atomic E-state index is 0.0366. The molecule has 2 aliphatic heterocycles. The van der Waals surface area contributed by atoms with E-state index in [9.17, 15) is 27.9 Å². The first-order valence-corrected chi connectivity index (χ1v) is 14.9. The molecule has 4 aromatic rings. The number of nitrogens with zero attached hydrogens (tertiary/aromatic N) is 7. The van der Waals surface area contributed by atoms with Crippen molar-refractivity contribution in [2.75, 3.05) is 38.2 Å². The maximum Gasteiger partial charge on any atom is 0.450 e. The summed E-state index contributed by atoms with van der Waals surface area (Å²) in [4.78, 5) is 44.0. The highest BCUT2D eigenvalue weighted by Gasteiger charge is 2.41. The van der Waals surface area contributed by atoms with Crippen LogP contribution in [0.1, 0.15) is 32.5 Å². The van der Waals surface area contributed by atoms with Gasteiger partial charge in [-0.2, -0.15) is 23.1 Å². The van der Waals surface area contributed by atoms with Gasteiger partial charge in [-0.3, -0.25) is 9.36 Å². The van der Waals surface area contributed by atoms with Gasteiger partial charge in [-0.25, -0.2) is 9.78 Å². The highest BCUT2D eigenvalue weighted by molar-refractivity contribution is 6.36. The Labute approximate surface area is 260 Å². The van der Waals surface area contributed by atoms with Gasteiger partial charge in [-0.05, 0) is 57.8 Å². The van der Waals surface area contributed by atoms with Crippen LogP contribution >= 0.6 is 11.6 Å². The van der Waals surface area contributed by atoms with E-state index in [-0.39, 0.29) is 64.7 Å². The number of halogens is 4. The molecule has 0 bridgehead atoms. The van der Waals surface area contributed by atoms with Gasteiger partial charge in [0.15, 0.2) is 11.3 Å². The lowest BCUT2D eigenvalue weighted by Crippen LogP contribution is -2.58. The second kappa shape index (κ2) is 11.6. The lowest BCUT2D eigenvalue weighted by molar-refractivity contribution is -0.146. The van der Waals surface area contributed by atoms with E-state index in [4.69, 9.17) is 16.3 Å². The van der Waals surface area contributed by atoms with Crippen LogP contribution in [0.15, 0.2) is 41.2 Å². The number of piperazine rings is 1. The molecule has 2 aromatic heterocycles. The van der Waals surface area contributed by atoms with Crippen molar-refractivity contribution in [1.29, 1.82) is 0 Å². The number of benzene rings is 2. The van der Waals surface area contributed by atoms with E-state index >= 15 is 0 Å². The average Bonchev–Trinajstić information content (AvgIpc) is 3.39. The van der Waals surface area contributed by atoms with Gasteiger partial charge < -0.3 is 24.5 Å². The van der Waals surface area contributed by atoms with Crippen molar-refractivity contribution in [3.05, 3.63) is 57.6 Å². The Balaban J connectivity index is 1.61. The second-order valence-corrected chi connectivity index (χ2v) is 12.0. The Bertz CT molecular complexity index is 1840. The fourth-order valence-electron chi connectivity index (χ4n) is 6.41. The SMILES string of the molecule is C[C@H]1CN(C(=O)O)C[C@H](C)N1c1nc(OCC2CCCN2C)nc2c(=O)n(-c3cccc4cccc(Cl)c34)c(C(F)(F)F)nc12. The van der Waals surface area contributed by atoms with Crippen LogP contribution in [-0.4, -0.2) is 91.9 Å². The monoisotopic (exact) mass is 645 g/mol. The molecule has 45 heavy (non-hydrogen) atoms. The van der Waals surface area contributed by atoms with Crippen LogP contribution in [-0.2, 0) is 6.18 Å². The summed E-state index contributed by atoms with van der Waals surface area (Å²) in [5.74, 6) is -1.51. The van der Waals surface area contributed by atoms with Crippen LogP contribution in [0.5, 0.6) is 6.01 Å². The lowest BCUT2D eigenvalue weighted by Gasteiger charge is -2.44. The number of hydrogen-bond acceptors (Lipinski definition) is 8. The Morgan fingerprint density at radius 2 is 1.76 bits per heavy atom. The molecule has 2 fully saturated rings. The molecular weight excluding hydrogens is 615 g/mol. The number of amides is 1. The number of hydrogen-bond donors (Lipinski definition) is 1. The normalized spacial score (nSPS) is 21.2. The molecule has 3 atom stereocenters. The highest BCUT2D eigenvalue weighted by Crippen LogP contribution is 2.36. The molecule has 1 amide bonds. The largest absolute Gasteiger partial charge is 0.465 e. The zero-order chi connectivity index (χ0) is 32.2. The van der Waals surface area contributed by atoms with Gasteiger partial charge in [0, 0.05) is 36.6 Å². The zero-order valence-corrected chi connectivity index (χ0v) is 25.5. The van der Waals surface area contributed by atoms with Crippen molar-refractivity contribution in [2.24, 2.45) is 0 Å². The third-order valence-electron chi connectivity index (χ3n) is 8.52.